The summed E-state index contributed by atoms with van der Waals surface area (Å²) in [6, 6.07) is 14.8. The quantitative estimate of drug-likeness (QED) is 0.805. The number of benzene rings is 2. The van der Waals surface area contributed by atoms with Crippen LogP contribution in [0.25, 0.3) is 0 Å². The normalized spacial score (nSPS) is 19.4. The third kappa shape index (κ3) is 4.35. The van der Waals surface area contributed by atoms with E-state index in [1.165, 1.54) is 12.1 Å². The number of rotatable bonds is 4. The minimum absolute atomic E-state index is 0.134. The maximum atomic E-state index is 13.3. The van der Waals surface area contributed by atoms with Gasteiger partial charge < -0.3 is 14.4 Å². The number of para-hydroxylation sites is 1. The summed E-state index contributed by atoms with van der Waals surface area (Å²) in [4.78, 5) is 15.1. The van der Waals surface area contributed by atoms with E-state index in [2.05, 4.69) is 4.72 Å². The largest absolute Gasteiger partial charge is 0.485 e. The standard InChI is InChI=1S/C22H26N2O5S/c1-17(23-30(26,27)19-8-3-2-4-9-19)21(25)24-15-18-7-5-6-10-20(18)29-22(16-24)11-13-28-14-12-22/h2-10,17,23H,11-16H2,1H3. The Morgan fingerprint density at radius 2 is 1.73 bits per heavy atom. The Hall–Kier alpha value is -2.42. The van der Waals surface area contributed by atoms with Gasteiger partial charge in [-0.15, -0.1) is 0 Å². The van der Waals surface area contributed by atoms with Crippen molar-refractivity contribution in [3.8, 4) is 5.75 Å². The minimum Gasteiger partial charge on any atom is -0.485 e. The lowest BCUT2D eigenvalue weighted by Crippen LogP contribution is -2.54. The van der Waals surface area contributed by atoms with Gasteiger partial charge in [-0.05, 0) is 25.1 Å². The Morgan fingerprint density at radius 1 is 1.07 bits per heavy atom. The van der Waals surface area contributed by atoms with Crippen LogP contribution in [0.15, 0.2) is 59.5 Å². The zero-order chi connectivity index (χ0) is 21.2. The van der Waals surface area contributed by atoms with Crippen LogP contribution in [0.1, 0.15) is 25.3 Å². The maximum Gasteiger partial charge on any atom is 0.241 e. The second-order valence-corrected chi connectivity index (χ2v) is 9.57. The van der Waals surface area contributed by atoms with Gasteiger partial charge in [0.25, 0.3) is 0 Å². The number of carbonyl (C=O) groups is 1. The first kappa shape index (κ1) is 20.8. The van der Waals surface area contributed by atoms with E-state index in [0.717, 1.165) is 11.3 Å². The van der Waals surface area contributed by atoms with Crippen LogP contribution in [-0.2, 0) is 26.1 Å². The molecule has 2 aliphatic heterocycles. The van der Waals surface area contributed by atoms with Gasteiger partial charge in [0.05, 0.1) is 30.7 Å². The van der Waals surface area contributed by atoms with Gasteiger partial charge in [0.15, 0.2) is 0 Å². The smallest absolute Gasteiger partial charge is 0.241 e. The second-order valence-electron chi connectivity index (χ2n) is 7.86. The van der Waals surface area contributed by atoms with Gasteiger partial charge in [-0.25, -0.2) is 8.42 Å². The first-order valence-electron chi connectivity index (χ1n) is 10.1. The average molecular weight is 431 g/mol. The maximum absolute atomic E-state index is 13.3. The summed E-state index contributed by atoms with van der Waals surface area (Å²) in [5.74, 6) is 0.493. The molecule has 1 spiro atoms. The number of hydrogen-bond acceptors (Lipinski definition) is 5. The first-order chi connectivity index (χ1) is 14.4. The summed E-state index contributed by atoms with van der Waals surface area (Å²) in [5, 5.41) is 0. The number of carbonyl (C=O) groups excluding carboxylic acids is 1. The summed E-state index contributed by atoms with van der Waals surface area (Å²) in [7, 11) is -3.79. The topological polar surface area (TPSA) is 84.9 Å². The molecule has 160 valence electrons. The molecule has 2 aromatic rings. The molecular weight excluding hydrogens is 404 g/mol. The van der Waals surface area contributed by atoms with E-state index >= 15 is 0 Å². The lowest BCUT2D eigenvalue weighted by Gasteiger charge is -2.39. The summed E-state index contributed by atoms with van der Waals surface area (Å²) in [5.41, 5.74) is 0.380. The molecule has 1 amide bonds. The molecule has 1 atom stereocenters. The van der Waals surface area contributed by atoms with Gasteiger partial charge in [0.2, 0.25) is 15.9 Å². The predicted molar refractivity (Wildman–Crippen MR) is 111 cm³/mol. The van der Waals surface area contributed by atoms with Crippen LogP contribution in [0.2, 0.25) is 0 Å². The van der Waals surface area contributed by atoms with Crippen LogP contribution in [0.3, 0.4) is 0 Å². The Morgan fingerprint density at radius 3 is 2.47 bits per heavy atom. The zero-order valence-corrected chi connectivity index (χ0v) is 17.7. The molecule has 0 saturated carbocycles. The van der Waals surface area contributed by atoms with Crippen molar-refractivity contribution < 1.29 is 22.7 Å². The molecule has 7 nitrogen and oxygen atoms in total. The van der Waals surface area contributed by atoms with Crippen molar-refractivity contribution in [2.45, 2.75) is 42.8 Å². The Balaban J connectivity index is 1.57. The third-order valence-corrected chi connectivity index (χ3v) is 7.17. The number of sulfonamides is 1. The molecule has 1 fully saturated rings. The molecule has 8 heteroatoms. The molecule has 0 aliphatic carbocycles. The molecule has 0 radical (unpaired) electrons. The van der Waals surface area contributed by atoms with Gasteiger partial charge in [-0.3, -0.25) is 4.79 Å². The van der Waals surface area contributed by atoms with Gasteiger partial charge in [-0.1, -0.05) is 36.4 Å². The molecule has 1 saturated heterocycles. The number of nitrogens with zero attached hydrogens (tertiary/aromatic N) is 1. The van der Waals surface area contributed by atoms with Crippen molar-refractivity contribution in [1.82, 2.24) is 9.62 Å². The molecule has 2 aromatic carbocycles. The molecule has 30 heavy (non-hydrogen) atoms. The molecular formula is C22H26N2O5S. The molecule has 1 unspecified atom stereocenters. The molecule has 1 N–H and O–H groups in total. The number of amides is 1. The number of ether oxygens (including phenoxy) is 2. The fraction of sp³-hybridized carbons (Fsp3) is 0.409. The Bertz CT molecular complexity index is 1000. The monoisotopic (exact) mass is 430 g/mol. The van der Waals surface area contributed by atoms with Crippen LogP contribution < -0.4 is 9.46 Å². The van der Waals surface area contributed by atoms with Gasteiger partial charge in [0.1, 0.15) is 11.4 Å². The van der Waals surface area contributed by atoms with Crippen molar-refractivity contribution in [2.24, 2.45) is 0 Å². The third-order valence-electron chi connectivity index (χ3n) is 5.61. The van der Waals surface area contributed by atoms with E-state index < -0.39 is 21.7 Å². The molecule has 4 rings (SSSR count). The highest BCUT2D eigenvalue weighted by Crippen LogP contribution is 2.35. The average Bonchev–Trinajstić information content (AvgIpc) is 2.90. The van der Waals surface area contributed by atoms with E-state index in [0.29, 0.717) is 39.1 Å². The fourth-order valence-corrected chi connectivity index (χ4v) is 5.21. The Labute approximate surface area is 177 Å². The summed E-state index contributed by atoms with van der Waals surface area (Å²) < 4.78 is 39.8. The highest BCUT2D eigenvalue weighted by molar-refractivity contribution is 7.89. The molecule has 2 aliphatic rings. The van der Waals surface area contributed by atoms with Crippen LogP contribution >= 0.6 is 0 Å². The summed E-state index contributed by atoms with van der Waals surface area (Å²) >= 11 is 0. The minimum atomic E-state index is -3.79. The van der Waals surface area contributed by atoms with Crippen LogP contribution in [0.5, 0.6) is 5.75 Å². The predicted octanol–water partition coefficient (Wildman–Crippen LogP) is 2.32. The van der Waals surface area contributed by atoms with Gasteiger partial charge in [0, 0.05) is 24.9 Å². The lowest BCUT2D eigenvalue weighted by atomic mass is 9.93. The van der Waals surface area contributed by atoms with E-state index in [-0.39, 0.29) is 10.8 Å². The van der Waals surface area contributed by atoms with Gasteiger partial charge in [-0.2, -0.15) is 4.72 Å². The van der Waals surface area contributed by atoms with Crippen LogP contribution in [0, 0.1) is 0 Å². The zero-order valence-electron chi connectivity index (χ0n) is 16.9. The summed E-state index contributed by atoms with van der Waals surface area (Å²) in [6.45, 7) is 3.48. The highest BCUT2D eigenvalue weighted by Gasteiger charge is 2.41. The first-order valence-corrected chi connectivity index (χ1v) is 11.6. The number of hydrogen-bond donors (Lipinski definition) is 1. The van der Waals surface area contributed by atoms with Crippen molar-refractivity contribution in [2.75, 3.05) is 19.8 Å². The summed E-state index contributed by atoms with van der Waals surface area (Å²) in [6.07, 6.45) is 1.35. The van der Waals surface area contributed by atoms with Crippen LogP contribution in [0.4, 0.5) is 0 Å². The van der Waals surface area contributed by atoms with Gasteiger partial charge >= 0.3 is 0 Å². The molecule has 0 aromatic heterocycles. The van der Waals surface area contributed by atoms with Crippen molar-refractivity contribution in [1.29, 1.82) is 0 Å². The van der Waals surface area contributed by atoms with E-state index in [1.54, 1.807) is 30.0 Å². The number of nitrogens with one attached hydrogen (secondary N) is 1. The van der Waals surface area contributed by atoms with E-state index in [9.17, 15) is 13.2 Å². The second kappa shape index (κ2) is 8.37. The van der Waals surface area contributed by atoms with Crippen molar-refractivity contribution in [3.05, 3.63) is 60.2 Å². The van der Waals surface area contributed by atoms with Crippen LogP contribution in [-0.4, -0.2) is 50.6 Å². The lowest BCUT2D eigenvalue weighted by molar-refractivity contribution is -0.137. The molecule has 2 heterocycles. The highest BCUT2D eigenvalue weighted by atomic mass is 32.2. The molecule has 0 bridgehead atoms. The fourth-order valence-electron chi connectivity index (χ4n) is 3.99. The van der Waals surface area contributed by atoms with E-state index in [1.807, 2.05) is 24.3 Å². The SMILES string of the molecule is CC(NS(=O)(=O)c1ccccc1)C(=O)N1Cc2ccccc2OC2(CCOCC2)C1. The Kier molecular flexibility index (Phi) is 5.81. The van der Waals surface area contributed by atoms with Crippen molar-refractivity contribution >= 4 is 15.9 Å². The van der Waals surface area contributed by atoms with Crippen molar-refractivity contribution in [3.63, 3.8) is 0 Å². The number of fused-ring (bicyclic) bond motifs is 1. The van der Waals surface area contributed by atoms with E-state index in [4.69, 9.17) is 9.47 Å².